The fraction of sp³-hybridized carbons (Fsp3) is 0.500. The standard InChI is InChI=1S/C12H14Cl2N2O/c1-8-3-2-4-16(7-8)12(17)9-5-10(13)15-11(14)6-9/h5-6,8H,2-4,7H2,1H3. The lowest BCUT2D eigenvalue weighted by atomic mass is 10.00. The average molecular weight is 273 g/mol. The quantitative estimate of drug-likeness (QED) is 0.736. The van der Waals surface area contributed by atoms with Gasteiger partial charge in [-0.2, -0.15) is 0 Å². The maximum atomic E-state index is 12.2. The molecule has 1 atom stereocenters. The van der Waals surface area contributed by atoms with Gasteiger partial charge in [0.05, 0.1) is 0 Å². The summed E-state index contributed by atoms with van der Waals surface area (Å²) >= 11 is 11.6. The van der Waals surface area contributed by atoms with Gasteiger partial charge in [-0.05, 0) is 30.9 Å². The predicted molar refractivity (Wildman–Crippen MR) is 68.6 cm³/mol. The number of nitrogens with zero attached hydrogens (tertiary/aromatic N) is 2. The van der Waals surface area contributed by atoms with Gasteiger partial charge in [0.25, 0.3) is 5.91 Å². The largest absolute Gasteiger partial charge is 0.338 e. The van der Waals surface area contributed by atoms with Gasteiger partial charge in [0, 0.05) is 18.7 Å². The van der Waals surface area contributed by atoms with Crippen molar-refractivity contribution in [3.05, 3.63) is 28.0 Å². The van der Waals surface area contributed by atoms with Crippen LogP contribution in [0.3, 0.4) is 0 Å². The average Bonchev–Trinajstić information content (AvgIpc) is 2.26. The van der Waals surface area contributed by atoms with Crippen molar-refractivity contribution in [2.45, 2.75) is 19.8 Å². The minimum absolute atomic E-state index is 0.0113. The van der Waals surface area contributed by atoms with Crippen molar-refractivity contribution < 1.29 is 4.79 Å². The number of pyridine rings is 1. The molecule has 1 fully saturated rings. The van der Waals surface area contributed by atoms with E-state index in [4.69, 9.17) is 23.2 Å². The number of hydrogen-bond acceptors (Lipinski definition) is 2. The van der Waals surface area contributed by atoms with E-state index < -0.39 is 0 Å². The first-order chi connectivity index (χ1) is 8.06. The third-order valence-corrected chi connectivity index (χ3v) is 3.34. The van der Waals surface area contributed by atoms with E-state index in [9.17, 15) is 4.79 Å². The molecule has 0 spiro atoms. The molecule has 0 aromatic carbocycles. The first-order valence-corrected chi connectivity index (χ1v) is 6.44. The molecule has 0 N–H and O–H groups in total. The molecule has 92 valence electrons. The zero-order valence-corrected chi connectivity index (χ0v) is 11.1. The number of amides is 1. The van der Waals surface area contributed by atoms with Crippen LogP contribution >= 0.6 is 23.2 Å². The Labute approximate surface area is 111 Å². The lowest BCUT2D eigenvalue weighted by Crippen LogP contribution is -2.39. The smallest absolute Gasteiger partial charge is 0.254 e. The van der Waals surface area contributed by atoms with E-state index in [0.29, 0.717) is 11.5 Å². The van der Waals surface area contributed by atoms with E-state index in [-0.39, 0.29) is 16.2 Å². The summed E-state index contributed by atoms with van der Waals surface area (Å²) in [7, 11) is 0. The number of carbonyl (C=O) groups excluding carboxylic acids is 1. The molecule has 1 saturated heterocycles. The van der Waals surface area contributed by atoms with Crippen LogP contribution in [-0.4, -0.2) is 28.9 Å². The number of halogens is 2. The van der Waals surface area contributed by atoms with Crippen molar-refractivity contribution in [3.63, 3.8) is 0 Å². The first-order valence-electron chi connectivity index (χ1n) is 5.68. The Bertz CT molecular complexity index is 416. The van der Waals surface area contributed by atoms with Crippen LogP contribution in [-0.2, 0) is 0 Å². The topological polar surface area (TPSA) is 33.2 Å². The molecule has 1 aliphatic rings. The molecule has 3 nitrogen and oxygen atoms in total. The number of rotatable bonds is 1. The molecule has 0 aliphatic carbocycles. The number of hydrogen-bond donors (Lipinski definition) is 0. The zero-order chi connectivity index (χ0) is 12.4. The Morgan fingerprint density at radius 2 is 2.06 bits per heavy atom. The van der Waals surface area contributed by atoms with Crippen LogP contribution in [0.5, 0.6) is 0 Å². The van der Waals surface area contributed by atoms with Crippen LogP contribution in [0.15, 0.2) is 12.1 Å². The van der Waals surface area contributed by atoms with Crippen LogP contribution in [0.4, 0.5) is 0 Å². The molecule has 2 rings (SSSR count). The van der Waals surface area contributed by atoms with E-state index in [2.05, 4.69) is 11.9 Å². The number of aromatic nitrogens is 1. The van der Waals surface area contributed by atoms with Crippen molar-refractivity contribution in [1.82, 2.24) is 9.88 Å². The summed E-state index contributed by atoms with van der Waals surface area (Å²) in [4.78, 5) is 17.9. The van der Waals surface area contributed by atoms with Gasteiger partial charge in [-0.3, -0.25) is 4.79 Å². The second-order valence-corrected chi connectivity index (χ2v) is 5.27. The Hall–Kier alpha value is -0.800. The minimum Gasteiger partial charge on any atom is -0.338 e. The van der Waals surface area contributed by atoms with Crippen LogP contribution in [0.1, 0.15) is 30.1 Å². The number of carbonyl (C=O) groups is 1. The normalized spacial score (nSPS) is 20.4. The van der Waals surface area contributed by atoms with Gasteiger partial charge in [0.2, 0.25) is 0 Å². The van der Waals surface area contributed by atoms with E-state index in [1.54, 1.807) is 12.1 Å². The van der Waals surface area contributed by atoms with Crippen LogP contribution < -0.4 is 0 Å². The highest BCUT2D eigenvalue weighted by atomic mass is 35.5. The van der Waals surface area contributed by atoms with Crippen molar-refractivity contribution in [3.8, 4) is 0 Å². The van der Waals surface area contributed by atoms with Gasteiger partial charge in [0.15, 0.2) is 0 Å². The molecule has 0 saturated carbocycles. The van der Waals surface area contributed by atoms with Crippen molar-refractivity contribution in [2.24, 2.45) is 5.92 Å². The zero-order valence-electron chi connectivity index (χ0n) is 9.62. The lowest BCUT2D eigenvalue weighted by molar-refractivity contribution is 0.0683. The van der Waals surface area contributed by atoms with Crippen LogP contribution in [0.25, 0.3) is 0 Å². The molecule has 0 radical (unpaired) electrons. The Morgan fingerprint density at radius 1 is 1.41 bits per heavy atom. The molecule has 0 bridgehead atoms. The molecule has 1 aliphatic heterocycles. The summed E-state index contributed by atoms with van der Waals surface area (Å²) in [5.74, 6) is 0.545. The van der Waals surface area contributed by atoms with E-state index in [1.165, 1.54) is 6.42 Å². The van der Waals surface area contributed by atoms with Gasteiger partial charge in [0.1, 0.15) is 10.3 Å². The summed E-state index contributed by atoms with van der Waals surface area (Å²) in [6, 6.07) is 3.13. The van der Waals surface area contributed by atoms with Crippen LogP contribution in [0, 0.1) is 5.92 Å². The molecule has 1 unspecified atom stereocenters. The van der Waals surface area contributed by atoms with E-state index in [1.807, 2.05) is 4.90 Å². The molecule has 2 heterocycles. The molecule has 5 heteroatoms. The molecule has 1 aromatic rings. The summed E-state index contributed by atoms with van der Waals surface area (Å²) in [6.07, 6.45) is 2.24. The van der Waals surface area contributed by atoms with Gasteiger partial charge < -0.3 is 4.90 Å². The van der Waals surface area contributed by atoms with Gasteiger partial charge in [-0.25, -0.2) is 4.98 Å². The third-order valence-electron chi connectivity index (χ3n) is 2.95. The first kappa shape index (κ1) is 12.7. The lowest BCUT2D eigenvalue weighted by Gasteiger charge is -2.31. The summed E-state index contributed by atoms with van der Waals surface area (Å²) in [5.41, 5.74) is 0.518. The Kier molecular flexibility index (Phi) is 3.89. The number of piperidine rings is 1. The summed E-state index contributed by atoms with van der Waals surface area (Å²) in [5, 5.41) is 0.511. The fourth-order valence-corrected chi connectivity index (χ4v) is 2.61. The molecule has 1 aromatic heterocycles. The third kappa shape index (κ3) is 3.11. The van der Waals surface area contributed by atoms with E-state index in [0.717, 1.165) is 19.5 Å². The Morgan fingerprint density at radius 3 is 2.65 bits per heavy atom. The minimum atomic E-state index is -0.0113. The summed E-state index contributed by atoms with van der Waals surface area (Å²) < 4.78 is 0. The molecular formula is C12H14Cl2N2O. The SMILES string of the molecule is CC1CCCN(C(=O)c2cc(Cl)nc(Cl)c2)C1. The fourth-order valence-electron chi connectivity index (χ4n) is 2.14. The monoisotopic (exact) mass is 272 g/mol. The second-order valence-electron chi connectivity index (χ2n) is 4.50. The second kappa shape index (κ2) is 5.23. The molecule has 17 heavy (non-hydrogen) atoms. The molecule has 1 amide bonds. The number of likely N-dealkylation sites (tertiary alicyclic amines) is 1. The highest BCUT2D eigenvalue weighted by Crippen LogP contribution is 2.20. The summed E-state index contributed by atoms with van der Waals surface area (Å²) in [6.45, 7) is 3.77. The van der Waals surface area contributed by atoms with Crippen molar-refractivity contribution in [2.75, 3.05) is 13.1 Å². The highest BCUT2D eigenvalue weighted by Gasteiger charge is 2.22. The predicted octanol–water partition coefficient (Wildman–Crippen LogP) is 3.26. The van der Waals surface area contributed by atoms with Gasteiger partial charge >= 0.3 is 0 Å². The molecular weight excluding hydrogens is 259 g/mol. The van der Waals surface area contributed by atoms with Gasteiger partial charge in [-0.1, -0.05) is 30.1 Å². The van der Waals surface area contributed by atoms with Crippen molar-refractivity contribution in [1.29, 1.82) is 0 Å². The Balaban J connectivity index is 2.18. The maximum Gasteiger partial charge on any atom is 0.254 e. The van der Waals surface area contributed by atoms with Crippen LogP contribution in [0.2, 0.25) is 10.3 Å². The van der Waals surface area contributed by atoms with Crippen molar-refractivity contribution >= 4 is 29.1 Å². The van der Waals surface area contributed by atoms with E-state index >= 15 is 0 Å². The van der Waals surface area contributed by atoms with Gasteiger partial charge in [-0.15, -0.1) is 0 Å². The highest BCUT2D eigenvalue weighted by molar-refractivity contribution is 6.33. The maximum absolute atomic E-state index is 12.2.